The molecule has 0 aliphatic heterocycles. The molecule has 3 unspecified atom stereocenters. The Balaban J connectivity index is 5.16. The summed E-state index contributed by atoms with van der Waals surface area (Å²) in [5, 5.41) is 10.6. The summed E-state index contributed by atoms with van der Waals surface area (Å²) in [6, 6.07) is 0. The largest absolute Gasteiger partial charge is 0.472 e. The summed E-state index contributed by atoms with van der Waals surface area (Å²) in [5.74, 6) is -0.545. The Morgan fingerprint density at radius 1 is 0.284 bits per heavy atom. The molecule has 0 saturated carbocycles. The third kappa shape index (κ3) is 74.9. The molecule has 102 heavy (non-hydrogen) atoms. The quantitative estimate of drug-likeness (QED) is 0.0222. The molecule has 0 rings (SSSR count). The molecule has 0 saturated heterocycles. The Labute approximate surface area is 626 Å². The monoisotopic (exact) mass is 1490 g/mol. The van der Waals surface area contributed by atoms with E-state index < -0.39 is 97.5 Å². The zero-order chi connectivity index (χ0) is 74.9. The number of rotatable bonds is 82. The molecule has 0 aliphatic rings. The molecule has 0 spiro atoms. The fourth-order valence-electron chi connectivity index (χ4n) is 12.9. The maximum atomic E-state index is 13.1. The van der Waals surface area contributed by atoms with Crippen LogP contribution in [-0.2, 0) is 65.4 Å². The van der Waals surface area contributed by atoms with Crippen molar-refractivity contribution in [2.24, 2.45) is 11.8 Å². The molecule has 3 N–H and O–H groups in total. The Morgan fingerprint density at radius 2 is 0.500 bits per heavy atom. The minimum Gasteiger partial charge on any atom is -0.462 e. The van der Waals surface area contributed by atoms with Crippen LogP contribution in [0.4, 0.5) is 0 Å². The molecule has 0 heterocycles. The number of hydrogen-bond acceptors (Lipinski definition) is 15. The molecule has 0 bridgehead atoms. The standard InChI is InChI=1S/C83H162O17P2/c1-7-10-12-14-16-18-19-20-21-22-23-24-25-29-32-35-38-42-48-54-60-66-81(86)94-71-78(99-82(87)67-61-55-49-43-39-36-33-30-27-26-28-31-34-37-41-46-52-58-64-76(6)9-3)73-97-101(89,90)95-69-77(84)70-96-102(91,92)98-74-79(72-93-80(85)65-59-53-47-40-17-15-13-11-8-2)100-83(88)68-62-56-50-44-45-51-57-63-75(4)5/h75-79,84H,7-74H2,1-6H3,(H,89,90)(H,91,92)/t76?,77-,78-,79-/m1/s1. The van der Waals surface area contributed by atoms with Gasteiger partial charge in [-0.1, -0.05) is 388 Å². The number of phosphoric ester groups is 2. The van der Waals surface area contributed by atoms with E-state index in [1.54, 1.807) is 0 Å². The second kappa shape index (κ2) is 74.5. The summed E-state index contributed by atoms with van der Waals surface area (Å²) in [6.07, 6.45) is 65.6. The number of carbonyl (C=O) groups is 4. The second-order valence-corrected chi connectivity index (χ2v) is 33.5. The lowest BCUT2D eigenvalue weighted by atomic mass is 9.99. The molecule has 0 fully saturated rings. The van der Waals surface area contributed by atoms with Crippen LogP contribution in [0.2, 0.25) is 0 Å². The molecular weight excluding hydrogens is 1330 g/mol. The molecule has 0 aromatic heterocycles. The molecule has 19 heteroatoms. The topological polar surface area (TPSA) is 237 Å². The van der Waals surface area contributed by atoms with Gasteiger partial charge in [0.2, 0.25) is 0 Å². The second-order valence-electron chi connectivity index (χ2n) is 30.6. The number of phosphoric acid groups is 2. The first kappa shape index (κ1) is 100. The van der Waals surface area contributed by atoms with Gasteiger partial charge in [0.15, 0.2) is 12.2 Å². The Morgan fingerprint density at radius 3 is 0.745 bits per heavy atom. The van der Waals surface area contributed by atoms with Crippen LogP contribution in [0.15, 0.2) is 0 Å². The van der Waals surface area contributed by atoms with Crippen LogP contribution in [0.3, 0.4) is 0 Å². The van der Waals surface area contributed by atoms with Crippen LogP contribution in [0.1, 0.15) is 440 Å². The van der Waals surface area contributed by atoms with E-state index in [-0.39, 0.29) is 25.7 Å². The van der Waals surface area contributed by atoms with Crippen molar-refractivity contribution in [2.45, 2.75) is 458 Å². The lowest BCUT2D eigenvalue weighted by Gasteiger charge is -2.21. The van der Waals surface area contributed by atoms with Crippen LogP contribution in [0.5, 0.6) is 0 Å². The molecule has 6 atom stereocenters. The van der Waals surface area contributed by atoms with Gasteiger partial charge in [-0.05, 0) is 37.5 Å². The lowest BCUT2D eigenvalue weighted by molar-refractivity contribution is -0.161. The summed E-state index contributed by atoms with van der Waals surface area (Å²) in [6.45, 7) is 9.62. The highest BCUT2D eigenvalue weighted by atomic mass is 31.2. The van der Waals surface area contributed by atoms with Gasteiger partial charge in [0, 0.05) is 25.7 Å². The van der Waals surface area contributed by atoms with Gasteiger partial charge in [-0.3, -0.25) is 37.3 Å². The van der Waals surface area contributed by atoms with E-state index in [0.717, 1.165) is 95.8 Å². The molecule has 0 radical (unpaired) electrons. The highest BCUT2D eigenvalue weighted by Gasteiger charge is 2.30. The summed E-state index contributed by atoms with van der Waals surface area (Å²) in [5.41, 5.74) is 0. The van der Waals surface area contributed by atoms with Gasteiger partial charge in [-0.15, -0.1) is 0 Å². The van der Waals surface area contributed by atoms with Gasteiger partial charge >= 0.3 is 39.5 Å². The van der Waals surface area contributed by atoms with E-state index in [4.69, 9.17) is 37.0 Å². The van der Waals surface area contributed by atoms with Gasteiger partial charge in [-0.25, -0.2) is 9.13 Å². The summed E-state index contributed by atoms with van der Waals surface area (Å²) < 4.78 is 68.6. The molecule has 606 valence electrons. The lowest BCUT2D eigenvalue weighted by Crippen LogP contribution is -2.30. The van der Waals surface area contributed by atoms with Crippen LogP contribution in [0, 0.1) is 11.8 Å². The molecule has 0 aromatic rings. The SMILES string of the molecule is CCCCCCCCCCCCCCCCCCCCCCCC(=O)OC[C@H](COP(=O)(O)OC[C@@H](O)COP(=O)(O)OC[C@@H](COC(=O)CCCCCCCCCCC)OC(=O)CCCCCCCCCC(C)C)OC(=O)CCCCCCCCCCCCCCCCCCCCC(C)CC. The first-order valence-corrected chi connectivity index (χ1v) is 46.0. The van der Waals surface area contributed by atoms with Crippen LogP contribution in [-0.4, -0.2) is 96.7 Å². The van der Waals surface area contributed by atoms with E-state index in [0.29, 0.717) is 31.6 Å². The first-order chi connectivity index (χ1) is 49.4. The predicted octanol–water partition coefficient (Wildman–Crippen LogP) is 25.1. The van der Waals surface area contributed by atoms with Crippen molar-refractivity contribution in [3.05, 3.63) is 0 Å². The fraction of sp³-hybridized carbons (Fsp3) is 0.952. The summed E-state index contributed by atoms with van der Waals surface area (Å²) >= 11 is 0. The third-order valence-electron chi connectivity index (χ3n) is 19.8. The van der Waals surface area contributed by atoms with E-state index in [9.17, 15) is 43.2 Å². The van der Waals surface area contributed by atoms with Gasteiger partial charge < -0.3 is 33.8 Å². The highest BCUT2D eigenvalue weighted by molar-refractivity contribution is 7.47. The van der Waals surface area contributed by atoms with Crippen LogP contribution >= 0.6 is 15.6 Å². The first-order valence-electron chi connectivity index (χ1n) is 43.0. The average molecular weight is 1490 g/mol. The highest BCUT2D eigenvalue weighted by Crippen LogP contribution is 2.45. The Bertz CT molecular complexity index is 1960. The smallest absolute Gasteiger partial charge is 0.462 e. The maximum Gasteiger partial charge on any atom is 0.472 e. The maximum absolute atomic E-state index is 13.1. The average Bonchev–Trinajstić information content (AvgIpc) is 0.922. The number of aliphatic hydroxyl groups excluding tert-OH is 1. The molecule has 0 aromatic carbocycles. The Hall–Kier alpha value is -1.94. The zero-order valence-electron chi connectivity index (χ0n) is 66.9. The number of hydrogen-bond donors (Lipinski definition) is 3. The van der Waals surface area contributed by atoms with Crippen molar-refractivity contribution in [1.82, 2.24) is 0 Å². The number of unbranched alkanes of at least 4 members (excludes halogenated alkanes) is 51. The van der Waals surface area contributed by atoms with Crippen molar-refractivity contribution >= 4 is 39.5 Å². The number of esters is 4. The van der Waals surface area contributed by atoms with Crippen molar-refractivity contribution < 1.29 is 80.2 Å². The van der Waals surface area contributed by atoms with E-state index in [2.05, 4.69) is 41.5 Å². The van der Waals surface area contributed by atoms with Gasteiger partial charge in [0.25, 0.3) is 0 Å². The van der Waals surface area contributed by atoms with Crippen LogP contribution in [0.25, 0.3) is 0 Å². The van der Waals surface area contributed by atoms with Gasteiger partial charge in [0.1, 0.15) is 19.3 Å². The number of ether oxygens (including phenoxy) is 4. The van der Waals surface area contributed by atoms with Crippen molar-refractivity contribution in [3.8, 4) is 0 Å². The third-order valence-corrected chi connectivity index (χ3v) is 21.7. The van der Waals surface area contributed by atoms with Crippen LogP contribution < -0.4 is 0 Å². The van der Waals surface area contributed by atoms with Gasteiger partial charge in [-0.2, -0.15) is 0 Å². The minimum atomic E-state index is -4.96. The normalized spacial score (nSPS) is 14.1. The molecule has 17 nitrogen and oxygen atoms in total. The van der Waals surface area contributed by atoms with Crippen molar-refractivity contribution in [3.63, 3.8) is 0 Å². The molecular formula is C83H162O17P2. The van der Waals surface area contributed by atoms with Gasteiger partial charge in [0.05, 0.1) is 26.4 Å². The fourth-order valence-corrected chi connectivity index (χ4v) is 14.4. The predicted molar refractivity (Wildman–Crippen MR) is 418 cm³/mol. The number of carbonyl (C=O) groups excluding carboxylic acids is 4. The van der Waals surface area contributed by atoms with E-state index in [1.165, 1.54) is 257 Å². The Kier molecular flexibility index (Phi) is 73.1. The van der Waals surface area contributed by atoms with Crippen molar-refractivity contribution in [2.75, 3.05) is 39.6 Å². The van der Waals surface area contributed by atoms with Crippen molar-refractivity contribution in [1.29, 1.82) is 0 Å². The molecule has 0 amide bonds. The minimum absolute atomic E-state index is 0.104. The summed E-state index contributed by atoms with van der Waals surface area (Å²) in [7, 11) is -9.92. The number of aliphatic hydroxyl groups is 1. The summed E-state index contributed by atoms with van der Waals surface area (Å²) in [4.78, 5) is 72.9. The van der Waals surface area contributed by atoms with E-state index >= 15 is 0 Å². The zero-order valence-corrected chi connectivity index (χ0v) is 68.7. The van der Waals surface area contributed by atoms with E-state index in [1.807, 2.05) is 0 Å². The molecule has 0 aliphatic carbocycles.